The molecule has 1 unspecified atom stereocenters. The van der Waals surface area contributed by atoms with Gasteiger partial charge in [-0.1, -0.05) is 6.58 Å². The molecule has 1 atom stereocenters. The minimum Gasteiger partial charge on any atom is -0.428 e. The van der Waals surface area contributed by atoms with Gasteiger partial charge in [0.05, 0.1) is 0 Å². The predicted molar refractivity (Wildman–Crippen MR) is 41.1 cm³/mol. The lowest BCUT2D eigenvalue weighted by molar-refractivity contribution is -0.154. The molecule has 0 bridgehead atoms. The number of halogens is 4. The summed E-state index contributed by atoms with van der Waals surface area (Å²) >= 11 is 0. The van der Waals surface area contributed by atoms with Crippen LogP contribution >= 0.6 is 0 Å². The van der Waals surface area contributed by atoms with E-state index in [0.717, 1.165) is 6.08 Å². The van der Waals surface area contributed by atoms with E-state index in [0.29, 0.717) is 0 Å². The van der Waals surface area contributed by atoms with Gasteiger partial charge in [-0.15, -0.1) is 0 Å². The molecule has 0 aliphatic rings. The Hall–Kier alpha value is -1.07. The topological polar surface area (TPSA) is 26.3 Å². The molecule has 14 heavy (non-hydrogen) atoms. The smallest absolute Gasteiger partial charge is 0.389 e. The van der Waals surface area contributed by atoms with Crippen LogP contribution in [0.15, 0.2) is 12.7 Å². The molecule has 0 fully saturated rings. The first-order chi connectivity index (χ1) is 6.35. The van der Waals surface area contributed by atoms with Crippen LogP contribution in [0.5, 0.6) is 0 Å². The van der Waals surface area contributed by atoms with Crippen LogP contribution in [0.3, 0.4) is 0 Å². The summed E-state index contributed by atoms with van der Waals surface area (Å²) in [5.74, 6) is -0.982. The lowest BCUT2D eigenvalue weighted by atomic mass is 10.2. The van der Waals surface area contributed by atoms with Crippen molar-refractivity contribution < 1.29 is 27.1 Å². The van der Waals surface area contributed by atoms with Crippen LogP contribution in [0.2, 0.25) is 0 Å². The Bertz CT molecular complexity index is 200. The van der Waals surface area contributed by atoms with Crippen LogP contribution in [-0.2, 0) is 9.53 Å². The molecule has 0 saturated heterocycles. The molecule has 0 saturated carbocycles. The molecule has 0 spiro atoms. The summed E-state index contributed by atoms with van der Waals surface area (Å²) in [5, 5.41) is 0. The van der Waals surface area contributed by atoms with E-state index in [2.05, 4.69) is 11.3 Å². The van der Waals surface area contributed by atoms with Crippen LogP contribution in [-0.4, -0.2) is 18.5 Å². The van der Waals surface area contributed by atoms with Crippen LogP contribution < -0.4 is 0 Å². The summed E-state index contributed by atoms with van der Waals surface area (Å²) in [4.78, 5) is 10.4. The van der Waals surface area contributed by atoms with Gasteiger partial charge in [0.1, 0.15) is 0 Å². The number of rotatable bonds is 5. The van der Waals surface area contributed by atoms with Crippen LogP contribution in [0.25, 0.3) is 0 Å². The van der Waals surface area contributed by atoms with Gasteiger partial charge in [-0.25, -0.2) is 9.18 Å². The second-order valence-corrected chi connectivity index (χ2v) is 2.56. The monoisotopic (exact) mass is 214 g/mol. The molecule has 0 aromatic rings. The minimum absolute atomic E-state index is 0.408. The van der Waals surface area contributed by atoms with Gasteiger partial charge in [-0.3, -0.25) is 0 Å². The second-order valence-electron chi connectivity index (χ2n) is 2.56. The number of alkyl halides is 4. The molecule has 0 heterocycles. The summed E-state index contributed by atoms with van der Waals surface area (Å²) in [7, 11) is 0. The first-order valence-corrected chi connectivity index (χ1v) is 3.89. The molecule has 0 amide bonds. The minimum atomic E-state index is -4.30. The van der Waals surface area contributed by atoms with Crippen LogP contribution in [0, 0.1) is 0 Å². The molecule has 0 aromatic carbocycles. The third-order valence-corrected chi connectivity index (χ3v) is 1.30. The van der Waals surface area contributed by atoms with Gasteiger partial charge in [0.15, 0.2) is 0 Å². The summed E-state index contributed by atoms with van der Waals surface area (Å²) in [6.45, 7) is 3.01. The van der Waals surface area contributed by atoms with E-state index < -0.39 is 37.8 Å². The third-order valence-electron chi connectivity index (χ3n) is 1.30. The summed E-state index contributed by atoms with van der Waals surface area (Å²) in [6.07, 6.45) is -7.51. The maximum absolute atomic E-state index is 12.6. The largest absolute Gasteiger partial charge is 0.428 e. The van der Waals surface area contributed by atoms with Crippen molar-refractivity contribution in [1.29, 1.82) is 0 Å². The Kier molecular flexibility index (Phi) is 5.19. The van der Waals surface area contributed by atoms with E-state index in [1.807, 2.05) is 0 Å². The Morgan fingerprint density at radius 1 is 1.50 bits per heavy atom. The predicted octanol–water partition coefficient (Wildman–Crippen LogP) is 2.74. The molecular formula is C8H10F4O2. The summed E-state index contributed by atoms with van der Waals surface area (Å²) in [6, 6.07) is 0. The maximum Gasteiger partial charge on any atom is 0.389 e. The average Bonchev–Trinajstić information content (AvgIpc) is 2.01. The van der Waals surface area contributed by atoms with Crippen molar-refractivity contribution in [2.24, 2.45) is 0 Å². The van der Waals surface area contributed by atoms with Crippen molar-refractivity contribution >= 4 is 5.97 Å². The van der Waals surface area contributed by atoms with E-state index in [4.69, 9.17) is 0 Å². The Morgan fingerprint density at radius 3 is 2.50 bits per heavy atom. The highest BCUT2D eigenvalue weighted by molar-refractivity contribution is 5.81. The highest BCUT2D eigenvalue weighted by atomic mass is 19.4. The molecule has 82 valence electrons. The third kappa shape index (κ3) is 7.57. The van der Waals surface area contributed by atoms with Crippen molar-refractivity contribution in [2.45, 2.75) is 31.8 Å². The fraction of sp³-hybridized carbons (Fsp3) is 0.625. The Labute approximate surface area is 78.5 Å². The van der Waals surface area contributed by atoms with Gasteiger partial charge in [0.25, 0.3) is 0 Å². The molecule has 0 N–H and O–H groups in total. The molecule has 2 nitrogen and oxygen atoms in total. The highest BCUT2D eigenvalue weighted by Crippen LogP contribution is 2.23. The number of carbonyl (C=O) groups excluding carboxylic acids is 1. The van der Waals surface area contributed by atoms with Crippen LogP contribution in [0.4, 0.5) is 17.6 Å². The molecule has 0 aliphatic heterocycles. The van der Waals surface area contributed by atoms with Gasteiger partial charge < -0.3 is 4.74 Å². The molecule has 6 heteroatoms. The van der Waals surface area contributed by atoms with E-state index in [1.165, 1.54) is 0 Å². The standard InChI is InChI=1S/C8H10F4O2/c1-2-7(13)14-6(9)4-3-5-8(10,11)12/h2,6H,1,3-5H2. The van der Waals surface area contributed by atoms with E-state index in [1.54, 1.807) is 0 Å². The van der Waals surface area contributed by atoms with Crippen molar-refractivity contribution in [3.8, 4) is 0 Å². The number of esters is 1. The zero-order valence-corrected chi connectivity index (χ0v) is 7.31. The molecule has 0 aliphatic carbocycles. The number of carbonyl (C=O) groups is 1. The zero-order valence-electron chi connectivity index (χ0n) is 7.31. The molecule has 0 aromatic heterocycles. The van der Waals surface area contributed by atoms with Crippen molar-refractivity contribution in [3.05, 3.63) is 12.7 Å². The van der Waals surface area contributed by atoms with Crippen molar-refractivity contribution in [2.75, 3.05) is 0 Å². The van der Waals surface area contributed by atoms with Gasteiger partial charge >= 0.3 is 12.1 Å². The lowest BCUT2D eigenvalue weighted by Crippen LogP contribution is -2.13. The fourth-order valence-electron chi connectivity index (χ4n) is 0.696. The summed E-state index contributed by atoms with van der Waals surface area (Å²) in [5.41, 5.74) is 0. The first kappa shape index (κ1) is 12.9. The van der Waals surface area contributed by atoms with E-state index in [9.17, 15) is 22.4 Å². The SMILES string of the molecule is C=CC(=O)OC(F)CCCC(F)(F)F. The average molecular weight is 214 g/mol. The van der Waals surface area contributed by atoms with E-state index in [-0.39, 0.29) is 0 Å². The molecular weight excluding hydrogens is 204 g/mol. The molecule has 0 rings (SSSR count). The maximum atomic E-state index is 12.6. The van der Waals surface area contributed by atoms with Gasteiger partial charge in [-0.05, 0) is 6.42 Å². The molecule has 0 radical (unpaired) electrons. The summed E-state index contributed by atoms with van der Waals surface area (Å²) < 4.78 is 51.3. The Morgan fingerprint density at radius 2 is 2.07 bits per heavy atom. The lowest BCUT2D eigenvalue weighted by Gasteiger charge is -2.09. The Balaban J connectivity index is 3.59. The quantitative estimate of drug-likeness (QED) is 0.399. The number of ether oxygens (including phenoxy) is 1. The zero-order chi connectivity index (χ0) is 11.2. The normalized spacial score (nSPS) is 13.4. The van der Waals surface area contributed by atoms with Gasteiger partial charge in [-0.2, -0.15) is 13.2 Å². The second kappa shape index (κ2) is 5.62. The number of hydrogen-bond donors (Lipinski definition) is 0. The van der Waals surface area contributed by atoms with Crippen molar-refractivity contribution in [1.82, 2.24) is 0 Å². The van der Waals surface area contributed by atoms with Crippen LogP contribution in [0.1, 0.15) is 19.3 Å². The first-order valence-electron chi connectivity index (χ1n) is 3.89. The van der Waals surface area contributed by atoms with Crippen molar-refractivity contribution in [3.63, 3.8) is 0 Å². The van der Waals surface area contributed by atoms with E-state index >= 15 is 0 Å². The fourth-order valence-corrected chi connectivity index (χ4v) is 0.696. The van der Waals surface area contributed by atoms with Gasteiger partial charge in [0, 0.05) is 18.9 Å². The highest BCUT2D eigenvalue weighted by Gasteiger charge is 2.27. The van der Waals surface area contributed by atoms with Gasteiger partial charge in [0.2, 0.25) is 6.36 Å². The number of hydrogen-bond acceptors (Lipinski definition) is 2.